The van der Waals surface area contributed by atoms with E-state index in [9.17, 15) is 0 Å². The average Bonchev–Trinajstić information content (AvgIpc) is 2.25. The van der Waals surface area contributed by atoms with Gasteiger partial charge in [-0.15, -0.1) is 13.2 Å². The van der Waals surface area contributed by atoms with Gasteiger partial charge in [-0.05, 0) is 46.2 Å². The lowest BCUT2D eigenvalue weighted by atomic mass is 10.9. The van der Waals surface area contributed by atoms with Crippen LogP contribution in [-0.4, -0.2) is 40.6 Å². The molecule has 1 unspecified atom stereocenters. The van der Waals surface area contributed by atoms with Crippen molar-refractivity contribution in [2.75, 3.05) is 6.61 Å². The van der Waals surface area contributed by atoms with E-state index in [1.165, 1.54) is 0 Å². The van der Waals surface area contributed by atoms with Crippen molar-refractivity contribution in [1.29, 1.82) is 0 Å². The minimum absolute atomic E-state index is 0. The van der Waals surface area contributed by atoms with Crippen LogP contribution < -0.4 is 0 Å². The molecule has 0 amide bonds. The van der Waals surface area contributed by atoms with E-state index in [4.69, 9.17) is 16.8 Å². The fourth-order valence-electron chi connectivity index (χ4n) is 2.00. The van der Waals surface area contributed by atoms with Gasteiger partial charge in [0, 0.05) is 13.2 Å². The highest BCUT2D eigenvalue weighted by molar-refractivity contribution is 6.90. The van der Waals surface area contributed by atoms with Gasteiger partial charge in [-0.2, -0.15) is 0 Å². The van der Waals surface area contributed by atoms with Crippen molar-refractivity contribution in [3.8, 4) is 0 Å². The van der Waals surface area contributed by atoms with Crippen LogP contribution in [0.5, 0.6) is 0 Å². The highest BCUT2D eigenvalue weighted by Crippen LogP contribution is 2.25. The van der Waals surface area contributed by atoms with Gasteiger partial charge in [-0.1, -0.05) is 41.1 Å². The Labute approximate surface area is 164 Å². The van der Waals surface area contributed by atoms with Crippen LogP contribution in [0.2, 0.25) is 45.8 Å². The van der Waals surface area contributed by atoms with Crippen molar-refractivity contribution in [1.82, 2.24) is 0 Å². The van der Waals surface area contributed by atoms with Crippen molar-refractivity contribution in [2.24, 2.45) is 0 Å². The standard InChI is InChI=1S/C13H32O4Si4.4CH4/c1-11-14-21(10,16-19(6,7)13-3)17-20(8,9)15-18(4,5)12-2;;;;/h12-13H,2-3,11H2,1,4-10H3;4*1H4. The fraction of sp³-hybridized carbons (Fsp3) is 0.765. The van der Waals surface area contributed by atoms with E-state index in [0.717, 1.165) is 0 Å². The number of hydrogen-bond donors (Lipinski definition) is 0. The summed E-state index contributed by atoms with van der Waals surface area (Å²) in [5.74, 6) is 0. The summed E-state index contributed by atoms with van der Waals surface area (Å²) in [6.45, 7) is 24.7. The van der Waals surface area contributed by atoms with E-state index in [0.29, 0.717) is 6.61 Å². The van der Waals surface area contributed by atoms with Gasteiger partial charge in [0.05, 0.1) is 0 Å². The zero-order chi connectivity index (χ0) is 16.9. The molecule has 0 spiro atoms. The minimum Gasteiger partial charge on any atom is -0.433 e. The first kappa shape index (κ1) is 36.2. The molecular weight excluding hydrogens is 381 g/mol. The summed E-state index contributed by atoms with van der Waals surface area (Å²) < 4.78 is 24.7. The second-order valence-corrected chi connectivity index (χ2v) is 21.1. The van der Waals surface area contributed by atoms with Crippen LogP contribution >= 0.6 is 0 Å². The molecule has 0 saturated carbocycles. The summed E-state index contributed by atoms with van der Waals surface area (Å²) in [5.41, 5.74) is 3.83. The van der Waals surface area contributed by atoms with E-state index in [-0.39, 0.29) is 29.7 Å². The molecule has 25 heavy (non-hydrogen) atoms. The van der Waals surface area contributed by atoms with Crippen LogP contribution in [0.3, 0.4) is 0 Å². The molecule has 0 aliphatic rings. The van der Waals surface area contributed by atoms with Gasteiger partial charge in [0.2, 0.25) is 8.32 Å². The SMILES string of the molecule is C.C.C.C.C=C[Si](C)(C)O[Si](C)(C)O[Si](C)(OCC)O[Si](C)(C)C=C. The quantitative estimate of drug-likeness (QED) is 0.361. The van der Waals surface area contributed by atoms with Crippen molar-refractivity contribution < 1.29 is 16.8 Å². The lowest BCUT2D eigenvalue weighted by Crippen LogP contribution is -2.58. The van der Waals surface area contributed by atoms with Crippen LogP contribution in [0.15, 0.2) is 24.6 Å². The first-order valence-corrected chi connectivity index (χ1v) is 18.3. The van der Waals surface area contributed by atoms with Crippen LogP contribution in [-0.2, 0) is 16.8 Å². The van der Waals surface area contributed by atoms with Crippen LogP contribution in [0.4, 0.5) is 0 Å². The molecule has 0 heterocycles. The molecule has 0 rings (SSSR count). The predicted molar refractivity (Wildman–Crippen MR) is 126 cm³/mol. The van der Waals surface area contributed by atoms with E-state index in [1.54, 1.807) is 0 Å². The summed E-state index contributed by atoms with van der Waals surface area (Å²) in [5, 5.41) is 0. The number of hydrogen-bond acceptors (Lipinski definition) is 4. The maximum atomic E-state index is 6.33. The van der Waals surface area contributed by atoms with Crippen LogP contribution in [0.25, 0.3) is 0 Å². The fourth-order valence-corrected chi connectivity index (χ4v) is 17.2. The Bertz CT molecular complexity index is 374. The molecule has 0 aromatic rings. The zero-order valence-corrected chi connectivity index (χ0v) is 18.9. The smallest absolute Gasteiger partial charge is 0.433 e. The van der Waals surface area contributed by atoms with E-state index < -0.39 is 34.0 Å². The summed E-state index contributed by atoms with van der Waals surface area (Å²) in [6.07, 6.45) is 0. The third-order valence-electron chi connectivity index (χ3n) is 2.78. The summed E-state index contributed by atoms with van der Waals surface area (Å²) in [4.78, 5) is 0. The van der Waals surface area contributed by atoms with Crippen molar-refractivity contribution in [2.45, 2.75) is 82.5 Å². The number of rotatable bonds is 10. The van der Waals surface area contributed by atoms with Crippen molar-refractivity contribution in [3.05, 3.63) is 24.6 Å². The maximum Gasteiger partial charge on any atom is 0.478 e. The van der Waals surface area contributed by atoms with E-state index in [2.05, 4.69) is 39.3 Å². The molecule has 4 nitrogen and oxygen atoms in total. The summed E-state index contributed by atoms with van der Waals surface area (Å²) in [6, 6.07) is 0. The van der Waals surface area contributed by atoms with Gasteiger partial charge in [0.1, 0.15) is 0 Å². The molecule has 0 aliphatic carbocycles. The molecule has 8 heteroatoms. The van der Waals surface area contributed by atoms with Gasteiger partial charge in [-0.25, -0.2) is 0 Å². The Balaban J connectivity index is -0.000000333. The second-order valence-electron chi connectivity index (χ2n) is 6.62. The molecule has 0 fully saturated rings. The predicted octanol–water partition coefficient (Wildman–Crippen LogP) is 6.75. The highest BCUT2D eigenvalue weighted by Gasteiger charge is 2.47. The van der Waals surface area contributed by atoms with Gasteiger partial charge in [0.15, 0.2) is 8.32 Å². The largest absolute Gasteiger partial charge is 0.478 e. The van der Waals surface area contributed by atoms with Gasteiger partial charge in [-0.3, -0.25) is 0 Å². The normalized spacial score (nSPS) is 13.8. The van der Waals surface area contributed by atoms with E-state index in [1.807, 2.05) is 38.0 Å². The minimum atomic E-state index is -2.74. The molecule has 0 bridgehead atoms. The second kappa shape index (κ2) is 13.4. The lowest BCUT2D eigenvalue weighted by molar-refractivity contribution is 0.165. The lowest BCUT2D eigenvalue weighted by Gasteiger charge is -2.40. The summed E-state index contributed by atoms with van der Waals surface area (Å²) in [7, 11) is -8.98. The van der Waals surface area contributed by atoms with Crippen LogP contribution in [0, 0.1) is 0 Å². The van der Waals surface area contributed by atoms with Crippen molar-refractivity contribution in [3.63, 3.8) is 0 Å². The summed E-state index contributed by atoms with van der Waals surface area (Å²) >= 11 is 0. The molecule has 0 aromatic heterocycles. The highest BCUT2D eigenvalue weighted by atomic mass is 28.5. The molecule has 156 valence electrons. The monoisotopic (exact) mass is 428 g/mol. The average molecular weight is 429 g/mol. The Morgan fingerprint density at radius 1 is 0.680 bits per heavy atom. The van der Waals surface area contributed by atoms with Gasteiger partial charge in [0.25, 0.3) is 0 Å². The van der Waals surface area contributed by atoms with Crippen LogP contribution in [0.1, 0.15) is 36.6 Å². The first-order valence-electron chi connectivity index (χ1n) is 7.32. The van der Waals surface area contributed by atoms with Gasteiger partial charge >= 0.3 is 17.4 Å². The molecule has 0 radical (unpaired) electrons. The first-order chi connectivity index (χ1) is 9.30. The van der Waals surface area contributed by atoms with E-state index >= 15 is 0 Å². The molecule has 0 aromatic carbocycles. The molecular formula is C17H48O4Si4. The Morgan fingerprint density at radius 2 is 1.04 bits per heavy atom. The Hall–Kier alpha value is 0.188. The molecule has 0 saturated heterocycles. The van der Waals surface area contributed by atoms with Gasteiger partial charge < -0.3 is 16.8 Å². The Kier molecular flexibility index (Phi) is 19.3. The molecule has 0 N–H and O–H groups in total. The third-order valence-corrected chi connectivity index (χ3v) is 16.7. The third kappa shape index (κ3) is 15.0. The topological polar surface area (TPSA) is 36.9 Å². The maximum absolute atomic E-state index is 6.33. The Morgan fingerprint density at radius 3 is 1.36 bits per heavy atom. The molecule has 1 atom stereocenters. The van der Waals surface area contributed by atoms with Crippen molar-refractivity contribution >= 4 is 34.0 Å². The molecule has 0 aliphatic heterocycles. The zero-order valence-electron chi connectivity index (χ0n) is 14.9.